The number of allylic oxidation sites excluding steroid dienone is 1. The monoisotopic (exact) mass is 339 g/mol. The molecule has 0 saturated carbocycles. The SMILES string of the molecule is CCCN(CCC)CCC1=CCc2cccc(OP(=O)(O)O)c21. The zero-order valence-corrected chi connectivity index (χ0v) is 14.8. The Morgan fingerprint density at radius 3 is 2.48 bits per heavy atom. The summed E-state index contributed by atoms with van der Waals surface area (Å²) in [6.45, 7) is 7.47. The van der Waals surface area contributed by atoms with E-state index in [-0.39, 0.29) is 5.75 Å². The Morgan fingerprint density at radius 1 is 1.17 bits per heavy atom. The molecule has 1 aliphatic rings. The highest BCUT2D eigenvalue weighted by Gasteiger charge is 2.24. The third-order valence-electron chi connectivity index (χ3n) is 4.00. The molecule has 0 bridgehead atoms. The van der Waals surface area contributed by atoms with Crippen LogP contribution in [-0.4, -0.2) is 34.3 Å². The van der Waals surface area contributed by atoms with E-state index in [2.05, 4.69) is 24.8 Å². The highest BCUT2D eigenvalue weighted by atomic mass is 31.2. The van der Waals surface area contributed by atoms with Crippen molar-refractivity contribution in [2.45, 2.75) is 39.5 Å². The highest BCUT2D eigenvalue weighted by molar-refractivity contribution is 7.46. The van der Waals surface area contributed by atoms with Crippen LogP contribution in [0.15, 0.2) is 24.3 Å². The minimum Gasteiger partial charge on any atom is -0.404 e. The predicted molar refractivity (Wildman–Crippen MR) is 92.4 cm³/mol. The Bertz CT molecular complexity index is 603. The van der Waals surface area contributed by atoms with Crippen molar-refractivity contribution in [2.24, 2.45) is 0 Å². The summed E-state index contributed by atoms with van der Waals surface area (Å²) < 4.78 is 16.1. The molecule has 0 aliphatic heterocycles. The van der Waals surface area contributed by atoms with Crippen LogP contribution in [0.25, 0.3) is 5.57 Å². The van der Waals surface area contributed by atoms with Crippen LogP contribution in [-0.2, 0) is 11.0 Å². The van der Waals surface area contributed by atoms with E-state index in [1.54, 1.807) is 12.1 Å². The van der Waals surface area contributed by atoms with Gasteiger partial charge in [0.2, 0.25) is 0 Å². The summed E-state index contributed by atoms with van der Waals surface area (Å²) in [5, 5.41) is 0. The number of hydrogen-bond acceptors (Lipinski definition) is 3. The number of phosphoric acid groups is 1. The molecule has 1 aliphatic carbocycles. The molecule has 1 aromatic rings. The Morgan fingerprint density at radius 2 is 1.87 bits per heavy atom. The van der Waals surface area contributed by atoms with Gasteiger partial charge in [0.1, 0.15) is 5.75 Å². The lowest BCUT2D eigenvalue weighted by Gasteiger charge is -2.22. The summed E-state index contributed by atoms with van der Waals surface area (Å²) in [5.41, 5.74) is 3.06. The van der Waals surface area contributed by atoms with E-state index < -0.39 is 7.82 Å². The lowest BCUT2D eigenvalue weighted by molar-refractivity contribution is 0.280. The molecule has 23 heavy (non-hydrogen) atoms. The third-order valence-corrected chi connectivity index (χ3v) is 4.43. The molecule has 128 valence electrons. The standard InChI is InChI=1S/C17H26NO4P/c1-3-11-18(12-4-2)13-10-15-9-8-14-6-5-7-16(17(14)15)22-23(19,20)21/h5-7,9H,3-4,8,10-13H2,1-2H3,(H2,19,20,21). The molecule has 0 radical (unpaired) electrons. The minimum atomic E-state index is -4.54. The summed E-state index contributed by atoms with van der Waals surface area (Å²) in [5.74, 6) is 0.289. The summed E-state index contributed by atoms with van der Waals surface area (Å²) >= 11 is 0. The topological polar surface area (TPSA) is 70.0 Å². The fourth-order valence-electron chi connectivity index (χ4n) is 3.12. The first-order chi connectivity index (χ1) is 10.9. The van der Waals surface area contributed by atoms with Crippen LogP contribution in [0.1, 0.15) is 44.2 Å². The second-order valence-electron chi connectivity index (χ2n) is 5.90. The number of fused-ring (bicyclic) bond motifs is 1. The Labute approximate surface area is 138 Å². The van der Waals surface area contributed by atoms with Gasteiger partial charge < -0.3 is 9.42 Å². The van der Waals surface area contributed by atoms with Gasteiger partial charge in [0.05, 0.1) is 0 Å². The smallest absolute Gasteiger partial charge is 0.404 e. The van der Waals surface area contributed by atoms with Crippen molar-refractivity contribution in [3.8, 4) is 5.75 Å². The molecule has 2 rings (SSSR count). The zero-order valence-electron chi connectivity index (χ0n) is 13.9. The van der Waals surface area contributed by atoms with Gasteiger partial charge in [-0.05, 0) is 56.0 Å². The van der Waals surface area contributed by atoms with Crippen LogP contribution in [0, 0.1) is 0 Å². The number of phosphoric ester groups is 1. The van der Waals surface area contributed by atoms with Crippen LogP contribution in [0.2, 0.25) is 0 Å². The lowest BCUT2D eigenvalue weighted by atomic mass is 10.0. The van der Waals surface area contributed by atoms with Crippen LogP contribution in [0.4, 0.5) is 0 Å². The largest absolute Gasteiger partial charge is 0.524 e. The van der Waals surface area contributed by atoms with Gasteiger partial charge in [0.25, 0.3) is 0 Å². The minimum absolute atomic E-state index is 0.289. The summed E-state index contributed by atoms with van der Waals surface area (Å²) in [6.07, 6.45) is 6.07. The van der Waals surface area contributed by atoms with Crippen LogP contribution >= 0.6 is 7.82 Å². The normalized spacial score (nSPS) is 14.0. The summed E-state index contributed by atoms with van der Waals surface area (Å²) in [4.78, 5) is 20.7. The Kier molecular flexibility index (Phi) is 6.42. The molecule has 0 unspecified atom stereocenters. The lowest BCUT2D eigenvalue weighted by Crippen LogP contribution is -2.26. The van der Waals surface area contributed by atoms with E-state index in [4.69, 9.17) is 14.3 Å². The number of rotatable bonds is 9. The molecule has 0 heterocycles. The second-order valence-corrected chi connectivity index (χ2v) is 7.06. The molecule has 0 saturated heterocycles. The van der Waals surface area contributed by atoms with Crippen molar-refractivity contribution in [3.63, 3.8) is 0 Å². The van der Waals surface area contributed by atoms with E-state index in [1.165, 1.54) is 0 Å². The summed E-state index contributed by atoms with van der Waals surface area (Å²) in [7, 11) is -4.54. The van der Waals surface area contributed by atoms with Crippen LogP contribution < -0.4 is 4.52 Å². The maximum absolute atomic E-state index is 11.2. The molecule has 5 nitrogen and oxygen atoms in total. The van der Waals surface area contributed by atoms with Crippen molar-refractivity contribution < 1.29 is 18.9 Å². The quantitative estimate of drug-likeness (QED) is 0.673. The first kappa shape index (κ1) is 18.2. The van der Waals surface area contributed by atoms with Crippen molar-refractivity contribution in [3.05, 3.63) is 35.4 Å². The molecule has 0 atom stereocenters. The Balaban J connectivity index is 2.12. The molecule has 0 spiro atoms. The van der Waals surface area contributed by atoms with Gasteiger partial charge in [-0.25, -0.2) is 4.57 Å². The van der Waals surface area contributed by atoms with Gasteiger partial charge in [-0.3, -0.25) is 9.79 Å². The van der Waals surface area contributed by atoms with Gasteiger partial charge in [-0.1, -0.05) is 32.1 Å². The fourth-order valence-corrected chi connectivity index (χ4v) is 3.53. The number of benzene rings is 1. The van der Waals surface area contributed by atoms with Gasteiger partial charge >= 0.3 is 7.82 Å². The molecular weight excluding hydrogens is 313 g/mol. The van der Waals surface area contributed by atoms with Gasteiger partial charge in [-0.15, -0.1) is 0 Å². The molecular formula is C17H26NO4P. The third kappa shape index (κ3) is 5.18. The highest BCUT2D eigenvalue weighted by Crippen LogP contribution is 2.44. The van der Waals surface area contributed by atoms with Crippen molar-refractivity contribution in [1.82, 2.24) is 4.90 Å². The van der Waals surface area contributed by atoms with Crippen molar-refractivity contribution in [1.29, 1.82) is 0 Å². The Hall–Kier alpha value is -1.13. The molecule has 0 aromatic heterocycles. The first-order valence-corrected chi connectivity index (χ1v) is 9.76. The molecule has 1 aromatic carbocycles. The fraction of sp³-hybridized carbons (Fsp3) is 0.529. The van der Waals surface area contributed by atoms with Crippen LogP contribution in [0.3, 0.4) is 0 Å². The zero-order chi connectivity index (χ0) is 16.9. The van der Waals surface area contributed by atoms with Crippen molar-refractivity contribution >= 4 is 13.4 Å². The van der Waals surface area contributed by atoms with Crippen LogP contribution in [0.5, 0.6) is 5.75 Å². The average molecular weight is 339 g/mol. The molecule has 0 fully saturated rings. The summed E-state index contributed by atoms with van der Waals surface area (Å²) in [6, 6.07) is 5.40. The van der Waals surface area contributed by atoms with Gasteiger partial charge in [-0.2, -0.15) is 0 Å². The molecule has 2 N–H and O–H groups in total. The predicted octanol–water partition coefficient (Wildman–Crippen LogP) is 3.61. The van der Waals surface area contributed by atoms with Gasteiger partial charge in [0.15, 0.2) is 0 Å². The van der Waals surface area contributed by atoms with E-state index in [0.29, 0.717) is 0 Å². The second kappa shape index (κ2) is 8.11. The molecule has 0 amide bonds. The maximum atomic E-state index is 11.2. The van der Waals surface area contributed by atoms with E-state index in [1.807, 2.05) is 6.07 Å². The average Bonchev–Trinajstić information content (AvgIpc) is 2.88. The maximum Gasteiger partial charge on any atom is 0.524 e. The number of nitrogens with zero attached hydrogens (tertiary/aromatic N) is 1. The first-order valence-electron chi connectivity index (χ1n) is 8.23. The van der Waals surface area contributed by atoms with Gasteiger partial charge in [0, 0.05) is 12.1 Å². The van der Waals surface area contributed by atoms with E-state index in [9.17, 15) is 4.57 Å². The van der Waals surface area contributed by atoms with E-state index in [0.717, 1.165) is 62.0 Å². The van der Waals surface area contributed by atoms with E-state index >= 15 is 0 Å². The molecule has 6 heteroatoms. The van der Waals surface area contributed by atoms with Crippen molar-refractivity contribution in [2.75, 3.05) is 19.6 Å². The number of hydrogen-bond donors (Lipinski definition) is 2.